The fourth-order valence-corrected chi connectivity index (χ4v) is 15.3. The molecule has 0 radical (unpaired) electrons. The Hall–Kier alpha value is -3.04. The maximum atomic E-state index is 14.8. The van der Waals surface area contributed by atoms with Gasteiger partial charge in [0.05, 0.1) is 17.8 Å². The topological polar surface area (TPSA) is 145 Å². The molecule has 0 amide bonds. The van der Waals surface area contributed by atoms with Gasteiger partial charge in [0.25, 0.3) is 0 Å². The first-order valence-electron chi connectivity index (χ1n) is 23.0. The fraction of sp³-hybridized carbons (Fsp3) is 0.686. The van der Waals surface area contributed by atoms with Crippen LogP contribution in [0.1, 0.15) is 149 Å². The van der Waals surface area contributed by atoms with E-state index in [1.54, 1.807) is 12.1 Å². The van der Waals surface area contributed by atoms with Crippen LogP contribution >= 0.6 is 0 Å². The van der Waals surface area contributed by atoms with Gasteiger partial charge in [0.15, 0.2) is 5.78 Å². The van der Waals surface area contributed by atoms with Gasteiger partial charge in [-0.05, 0) is 147 Å². The van der Waals surface area contributed by atoms with Gasteiger partial charge in [-0.1, -0.05) is 84.2 Å². The molecule has 8 heteroatoms. The molecule has 6 N–H and O–H groups in total. The van der Waals surface area contributed by atoms with Crippen LogP contribution in [0.3, 0.4) is 0 Å². The molecule has 0 aromatic heterocycles. The summed E-state index contributed by atoms with van der Waals surface area (Å²) >= 11 is 0. The highest BCUT2D eigenvalue weighted by Crippen LogP contribution is 2.75. The molecule has 4 saturated carbocycles. The van der Waals surface area contributed by atoms with E-state index in [1.807, 2.05) is 31.2 Å². The summed E-state index contributed by atoms with van der Waals surface area (Å²) in [6.07, 6.45) is 7.83. The first-order valence-corrected chi connectivity index (χ1v) is 23.0. The molecule has 8 nitrogen and oxygen atoms in total. The van der Waals surface area contributed by atoms with Crippen LogP contribution < -0.4 is 11.1 Å². The number of epoxide rings is 1. The largest absolute Gasteiger partial charge is 0.508 e. The molecular formula is C51H72N2O6. The number of carbonyl (C=O) groups is 2. The van der Waals surface area contributed by atoms with Gasteiger partial charge in [-0.2, -0.15) is 0 Å². The van der Waals surface area contributed by atoms with Gasteiger partial charge in [-0.25, -0.2) is 0 Å². The SMILES string of the molecule is CCCC(CC(O)C1OC1(C)C1CCCC1c1cccc(N)c1)C1=C2CCC3C4(C)CC(c5cccc(O)c5)C(=O)C(C)(C)C4C(NCC(C)O)CC3(C)C2(C)CC1=O. The first kappa shape index (κ1) is 42.6. The van der Waals surface area contributed by atoms with E-state index in [0.29, 0.717) is 37.6 Å². The summed E-state index contributed by atoms with van der Waals surface area (Å²) in [5, 5.41) is 37.0. The Bertz CT molecular complexity index is 1990. The normalized spacial score (nSPS) is 40.3. The average Bonchev–Trinajstić information content (AvgIpc) is 3.47. The quantitative estimate of drug-likeness (QED) is 0.106. The van der Waals surface area contributed by atoms with E-state index in [-0.39, 0.29) is 69.4 Å². The molecule has 5 fully saturated rings. The third-order valence-corrected chi connectivity index (χ3v) is 17.8. The number of Topliss-reactive ketones (excluding diaryl/α,β-unsaturated/α-hetero) is 2. The maximum absolute atomic E-state index is 14.8. The summed E-state index contributed by atoms with van der Waals surface area (Å²) in [6.45, 7) is 18.1. The van der Waals surface area contributed by atoms with E-state index in [4.69, 9.17) is 10.5 Å². The van der Waals surface area contributed by atoms with Crippen LogP contribution in [0.4, 0.5) is 5.69 Å². The van der Waals surface area contributed by atoms with Crippen molar-refractivity contribution in [2.24, 2.45) is 45.3 Å². The molecule has 59 heavy (non-hydrogen) atoms. The minimum Gasteiger partial charge on any atom is -0.508 e. The lowest BCUT2D eigenvalue weighted by molar-refractivity contribution is -0.193. The third kappa shape index (κ3) is 6.76. The lowest BCUT2D eigenvalue weighted by Crippen LogP contribution is -2.69. The second-order valence-electron chi connectivity index (χ2n) is 21.6. The number of aromatic hydroxyl groups is 1. The Kier molecular flexibility index (Phi) is 10.9. The molecule has 6 aliphatic rings. The van der Waals surface area contributed by atoms with Crippen LogP contribution in [0.2, 0.25) is 0 Å². The number of anilines is 1. The minimum absolute atomic E-state index is 0.0214. The average molecular weight is 809 g/mol. The predicted molar refractivity (Wildman–Crippen MR) is 233 cm³/mol. The monoisotopic (exact) mass is 809 g/mol. The van der Waals surface area contributed by atoms with Crippen molar-refractivity contribution in [3.8, 4) is 5.75 Å². The Balaban J connectivity index is 1.11. The highest BCUT2D eigenvalue weighted by molar-refractivity contribution is 6.00. The van der Waals surface area contributed by atoms with E-state index in [2.05, 4.69) is 65.9 Å². The van der Waals surface area contributed by atoms with Crippen molar-refractivity contribution in [2.75, 3.05) is 12.3 Å². The first-order chi connectivity index (χ1) is 27.8. The molecule has 5 aliphatic carbocycles. The molecule has 1 heterocycles. The molecule has 1 aliphatic heterocycles. The summed E-state index contributed by atoms with van der Waals surface area (Å²) in [7, 11) is 0. The Morgan fingerprint density at radius 1 is 0.949 bits per heavy atom. The number of phenolic OH excluding ortho intramolecular Hbond substituents is 1. The minimum atomic E-state index is -0.668. The summed E-state index contributed by atoms with van der Waals surface area (Å²) in [6, 6.07) is 15.5. The van der Waals surface area contributed by atoms with Gasteiger partial charge in [0.2, 0.25) is 0 Å². The number of allylic oxidation sites excluding steroid dienone is 2. The van der Waals surface area contributed by atoms with Crippen molar-refractivity contribution >= 4 is 17.3 Å². The van der Waals surface area contributed by atoms with Gasteiger partial charge >= 0.3 is 0 Å². The van der Waals surface area contributed by atoms with E-state index in [1.165, 1.54) is 11.1 Å². The zero-order chi connectivity index (χ0) is 42.4. The number of carbonyl (C=O) groups excluding carboxylic acids is 2. The second kappa shape index (κ2) is 15.1. The number of nitrogens with two attached hydrogens (primary N) is 1. The van der Waals surface area contributed by atoms with Crippen LogP contribution in [-0.4, -0.2) is 63.4 Å². The van der Waals surface area contributed by atoms with Crippen LogP contribution in [0.15, 0.2) is 59.7 Å². The number of aliphatic hydroxyl groups is 2. The molecule has 0 spiro atoms. The molecule has 14 unspecified atom stereocenters. The maximum Gasteiger partial charge on any atom is 0.160 e. The number of ether oxygens (including phenoxy) is 1. The van der Waals surface area contributed by atoms with E-state index in [0.717, 1.165) is 68.2 Å². The molecular weight excluding hydrogens is 737 g/mol. The molecule has 0 bridgehead atoms. The fourth-order valence-electron chi connectivity index (χ4n) is 15.3. The number of hydrogen-bond acceptors (Lipinski definition) is 8. The van der Waals surface area contributed by atoms with E-state index >= 15 is 0 Å². The van der Waals surface area contributed by atoms with Gasteiger partial charge in [0.1, 0.15) is 17.6 Å². The third-order valence-electron chi connectivity index (χ3n) is 17.8. The number of benzene rings is 2. The Labute approximate surface area is 353 Å². The van der Waals surface area contributed by atoms with Crippen molar-refractivity contribution in [3.05, 3.63) is 70.8 Å². The molecule has 14 atom stereocenters. The number of nitrogens with one attached hydrogen (secondary N) is 1. The van der Waals surface area contributed by atoms with Gasteiger partial charge in [0, 0.05) is 41.4 Å². The number of hydrogen-bond donors (Lipinski definition) is 5. The number of fused-ring (bicyclic) bond motifs is 5. The summed E-state index contributed by atoms with van der Waals surface area (Å²) in [4.78, 5) is 29.4. The lowest BCUT2D eigenvalue weighted by atomic mass is 9.34. The lowest BCUT2D eigenvalue weighted by Gasteiger charge is -2.70. The smallest absolute Gasteiger partial charge is 0.160 e. The van der Waals surface area contributed by atoms with Crippen molar-refractivity contribution in [1.82, 2.24) is 5.32 Å². The number of rotatable bonds is 12. The van der Waals surface area contributed by atoms with Crippen LogP contribution in [0.25, 0.3) is 0 Å². The standard InChI is InChI=1S/C51H72N2O6/c1-9-13-32(24-40(56)46-51(8,59-46)37-19-12-18-35(37)30-14-10-16-33(52)22-30)43-38-20-21-42-48(5)25-36(31-15-11-17-34(55)23-31)45(58)47(3,4)44(48)39(53-28-29(2)54)26-50(42,7)49(38,6)27-41(43)57/h10-11,14-17,22-23,29,32,35-37,39-40,42,44,46,53-56H,9,12-13,18-21,24-28,52H2,1-8H3. The Morgan fingerprint density at radius 2 is 1.68 bits per heavy atom. The Morgan fingerprint density at radius 3 is 2.37 bits per heavy atom. The van der Waals surface area contributed by atoms with Crippen LogP contribution in [0, 0.1) is 45.3 Å². The summed E-state index contributed by atoms with van der Waals surface area (Å²) in [5.74, 6) is 1.16. The van der Waals surface area contributed by atoms with Gasteiger partial charge in [-0.3, -0.25) is 9.59 Å². The summed E-state index contributed by atoms with van der Waals surface area (Å²) < 4.78 is 6.55. The van der Waals surface area contributed by atoms with Crippen molar-refractivity contribution < 1.29 is 29.6 Å². The van der Waals surface area contributed by atoms with Crippen molar-refractivity contribution in [2.45, 2.75) is 168 Å². The van der Waals surface area contributed by atoms with E-state index < -0.39 is 23.2 Å². The number of phenols is 1. The number of nitrogen functional groups attached to an aromatic ring is 1. The summed E-state index contributed by atoms with van der Waals surface area (Å²) in [5.41, 5.74) is 9.40. The van der Waals surface area contributed by atoms with Gasteiger partial charge < -0.3 is 31.1 Å². The number of aliphatic hydroxyl groups excluding tert-OH is 2. The zero-order valence-electron chi connectivity index (χ0n) is 37.0. The van der Waals surface area contributed by atoms with Crippen molar-refractivity contribution in [3.63, 3.8) is 0 Å². The number of ketones is 2. The molecule has 1 saturated heterocycles. The molecule has 8 rings (SSSR count). The molecule has 2 aromatic carbocycles. The predicted octanol–water partition coefficient (Wildman–Crippen LogP) is 9.02. The van der Waals surface area contributed by atoms with Crippen LogP contribution in [-0.2, 0) is 14.3 Å². The van der Waals surface area contributed by atoms with Crippen LogP contribution in [0.5, 0.6) is 5.75 Å². The highest BCUT2D eigenvalue weighted by Gasteiger charge is 2.71. The highest BCUT2D eigenvalue weighted by atomic mass is 16.6. The van der Waals surface area contributed by atoms with E-state index in [9.17, 15) is 24.9 Å². The molecule has 322 valence electrons. The second-order valence-corrected chi connectivity index (χ2v) is 21.6. The molecule has 2 aromatic rings. The van der Waals surface area contributed by atoms with Crippen molar-refractivity contribution in [1.29, 1.82) is 0 Å². The zero-order valence-corrected chi connectivity index (χ0v) is 37.0. The van der Waals surface area contributed by atoms with Gasteiger partial charge in [-0.15, -0.1) is 0 Å².